The maximum absolute atomic E-state index is 5.28. The summed E-state index contributed by atoms with van der Waals surface area (Å²) in [6.07, 6.45) is 0. The third-order valence-corrected chi connectivity index (χ3v) is 11.7. The third-order valence-electron chi connectivity index (χ3n) is 10.5. The van der Waals surface area contributed by atoms with Crippen molar-refractivity contribution >= 4 is 91.4 Å². The molecule has 0 aliphatic carbocycles. The summed E-state index contributed by atoms with van der Waals surface area (Å²) in [5.41, 5.74) is 7.79. The van der Waals surface area contributed by atoms with E-state index in [-0.39, 0.29) is 0 Å². The van der Waals surface area contributed by atoms with Crippen LogP contribution in [0.3, 0.4) is 0 Å². The number of hydrogen-bond acceptors (Lipinski definition) is 4. The fourth-order valence-electron chi connectivity index (χ4n) is 8.44. The molecule has 0 unspecified atom stereocenters. The highest BCUT2D eigenvalue weighted by Gasteiger charge is 2.28. The predicted molar refractivity (Wildman–Crippen MR) is 213 cm³/mol. The van der Waals surface area contributed by atoms with Crippen molar-refractivity contribution in [2.24, 2.45) is 0 Å². The monoisotopic (exact) mass is 667 g/mol. The number of benzene rings is 7. The van der Waals surface area contributed by atoms with Gasteiger partial charge in [0.1, 0.15) is 0 Å². The first kappa shape index (κ1) is 27.2. The van der Waals surface area contributed by atoms with Gasteiger partial charge in [-0.25, -0.2) is 4.98 Å². The quantitative estimate of drug-likeness (QED) is 0.188. The van der Waals surface area contributed by atoms with E-state index >= 15 is 0 Å². The van der Waals surface area contributed by atoms with Crippen LogP contribution in [0.2, 0.25) is 0 Å². The van der Waals surface area contributed by atoms with E-state index in [2.05, 4.69) is 124 Å². The minimum absolute atomic E-state index is 0.602. The number of rotatable bonds is 3. The Bertz CT molecular complexity index is 3300. The lowest BCUT2D eigenvalue weighted by molar-refractivity contribution is 0.955. The number of para-hydroxylation sites is 3. The number of fused-ring (bicyclic) bond motifs is 15. The Hall–Kier alpha value is -6.63. The summed E-state index contributed by atoms with van der Waals surface area (Å²) in [6.45, 7) is 0. The lowest BCUT2D eigenvalue weighted by atomic mass is 10.0. The molecule has 51 heavy (non-hydrogen) atoms. The minimum Gasteiger partial charge on any atom is -0.307 e. The Kier molecular flexibility index (Phi) is 5.32. The Morgan fingerprint density at radius 3 is 1.73 bits per heavy atom. The van der Waals surface area contributed by atoms with Crippen molar-refractivity contribution in [2.45, 2.75) is 0 Å². The van der Waals surface area contributed by atoms with Gasteiger partial charge in [-0.1, -0.05) is 133 Å². The molecule has 0 saturated heterocycles. The highest BCUT2D eigenvalue weighted by molar-refractivity contribution is 7.27. The van der Waals surface area contributed by atoms with Crippen molar-refractivity contribution in [1.82, 2.24) is 23.9 Å². The van der Waals surface area contributed by atoms with Gasteiger partial charge in [-0.3, -0.25) is 4.57 Å². The topological polar surface area (TPSA) is 48.0 Å². The molecule has 0 aliphatic heterocycles. The number of aromatic nitrogens is 5. The SMILES string of the molecule is c1ccc(-c2nc(-c3ccccc3)nc(-n3c4ccccc4c4c3c3sc5ccccc5c3c3c5cccc6c7ccccc7n(c65)c34)n2)cc1. The zero-order chi connectivity index (χ0) is 33.2. The van der Waals surface area contributed by atoms with Crippen LogP contribution in [0.5, 0.6) is 0 Å². The molecule has 0 saturated carbocycles. The van der Waals surface area contributed by atoms with Crippen LogP contribution >= 0.6 is 11.3 Å². The molecule has 0 atom stereocenters. The first-order chi connectivity index (χ1) is 25.3. The molecule has 0 aliphatic rings. The summed E-state index contributed by atoms with van der Waals surface area (Å²) in [6, 6.07) is 53.6. The summed E-state index contributed by atoms with van der Waals surface area (Å²) in [7, 11) is 0. The van der Waals surface area contributed by atoms with Crippen LogP contribution in [0.25, 0.3) is 109 Å². The summed E-state index contributed by atoms with van der Waals surface area (Å²) >= 11 is 1.86. The smallest absolute Gasteiger partial charge is 0.238 e. The highest BCUT2D eigenvalue weighted by Crippen LogP contribution is 2.52. The Morgan fingerprint density at radius 1 is 0.392 bits per heavy atom. The van der Waals surface area contributed by atoms with Crippen molar-refractivity contribution in [1.29, 1.82) is 0 Å². The molecule has 7 aromatic carbocycles. The van der Waals surface area contributed by atoms with Crippen LogP contribution < -0.4 is 0 Å². The van der Waals surface area contributed by atoms with Gasteiger partial charge in [0, 0.05) is 58.9 Å². The molecule has 0 N–H and O–H groups in total. The van der Waals surface area contributed by atoms with Gasteiger partial charge in [0.2, 0.25) is 5.95 Å². The summed E-state index contributed by atoms with van der Waals surface area (Å²) in [4.78, 5) is 15.6. The van der Waals surface area contributed by atoms with Crippen molar-refractivity contribution in [3.05, 3.63) is 152 Å². The summed E-state index contributed by atoms with van der Waals surface area (Å²) in [5.74, 6) is 1.89. The molecule has 0 spiro atoms. The normalized spacial score (nSPS) is 12.3. The van der Waals surface area contributed by atoms with E-state index in [1.54, 1.807) is 0 Å². The van der Waals surface area contributed by atoms with Gasteiger partial charge >= 0.3 is 0 Å². The minimum atomic E-state index is 0.602. The summed E-state index contributed by atoms with van der Waals surface area (Å²) in [5, 5.41) is 10.1. The molecular weight excluding hydrogens is 643 g/mol. The van der Waals surface area contributed by atoms with E-state index in [4.69, 9.17) is 15.0 Å². The number of thiophene rings is 1. The van der Waals surface area contributed by atoms with Crippen molar-refractivity contribution in [2.75, 3.05) is 0 Å². The molecule has 5 nitrogen and oxygen atoms in total. The number of nitrogens with zero attached hydrogens (tertiary/aromatic N) is 5. The van der Waals surface area contributed by atoms with E-state index in [0.717, 1.165) is 22.2 Å². The Balaban J connectivity index is 1.36. The largest absolute Gasteiger partial charge is 0.307 e. The molecule has 12 rings (SSSR count). The van der Waals surface area contributed by atoms with Crippen LogP contribution in [-0.2, 0) is 0 Å². The van der Waals surface area contributed by atoms with Gasteiger partial charge in [0.15, 0.2) is 11.6 Å². The maximum Gasteiger partial charge on any atom is 0.238 e. The Morgan fingerprint density at radius 2 is 0.980 bits per heavy atom. The molecule has 0 bridgehead atoms. The van der Waals surface area contributed by atoms with Gasteiger partial charge in [0.05, 0.1) is 32.3 Å². The zero-order valence-electron chi connectivity index (χ0n) is 27.1. The third kappa shape index (κ3) is 3.56. The molecule has 236 valence electrons. The Labute approximate surface area is 294 Å². The van der Waals surface area contributed by atoms with Crippen LogP contribution in [0.4, 0.5) is 0 Å². The standard InChI is InChI=1S/C45H25N5S/c1-3-14-26(15-4-1)43-46-44(27-16-5-2-6-17-27)48-45(47-43)50-34-24-11-8-19-30(34)38-40-36(37-31-20-9-12-25-35(31)51-42(37)41(38)50)32-22-13-21-29-28-18-7-10-23-33(28)49(40)39(29)32/h1-25H. The van der Waals surface area contributed by atoms with Crippen LogP contribution in [0.15, 0.2) is 152 Å². The average Bonchev–Trinajstić information content (AvgIpc) is 3.94. The van der Waals surface area contributed by atoms with Gasteiger partial charge < -0.3 is 4.40 Å². The molecule has 5 aromatic heterocycles. The predicted octanol–water partition coefficient (Wildman–Crippen LogP) is 11.8. The van der Waals surface area contributed by atoms with E-state index in [1.807, 2.05) is 47.7 Å². The van der Waals surface area contributed by atoms with E-state index < -0.39 is 0 Å². The van der Waals surface area contributed by atoms with E-state index in [1.165, 1.54) is 69.0 Å². The van der Waals surface area contributed by atoms with Crippen LogP contribution in [0, 0.1) is 0 Å². The number of hydrogen-bond donors (Lipinski definition) is 0. The second-order valence-corrected chi connectivity index (χ2v) is 14.2. The van der Waals surface area contributed by atoms with Crippen molar-refractivity contribution in [3.63, 3.8) is 0 Å². The molecule has 6 heteroatoms. The van der Waals surface area contributed by atoms with Crippen molar-refractivity contribution < 1.29 is 0 Å². The summed E-state index contributed by atoms with van der Waals surface area (Å²) < 4.78 is 7.32. The van der Waals surface area contributed by atoms with Crippen LogP contribution in [-0.4, -0.2) is 23.9 Å². The fraction of sp³-hybridized carbons (Fsp3) is 0. The van der Waals surface area contributed by atoms with Gasteiger partial charge in [0.25, 0.3) is 0 Å². The van der Waals surface area contributed by atoms with Gasteiger partial charge in [-0.05, 0) is 18.2 Å². The average molecular weight is 668 g/mol. The first-order valence-electron chi connectivity index (χ1n) is 17.1. The fourth-order valence-corrected chi connectivity index (χ4v) is 9.69. The lowest BCUT2D eigenvalue weighted by Crippen LogP contribution is -2.06. The van der Waals surface area contributed by atoms with Crippen molar-refractivity contribution in [3.8, 4) is 28.7 Å². The zero-order valence-corrected chi connectivity index (χ0v) is 27.9. The van der Waals surface area contributed by atoms with E-state index in [9.17, 15) is 0 Å². The van der Waals surface area contributed by atoms with Gasteiger partial charge in [-0.2, -0.15) is 9.97 Å². The van der Waals surface area contributed by atoms with Gasteiger partial charge in [-0.15, -0.1) is 11.3 Å². The second-order valence-electron chi connectivity index (χ2n) is 13.2. The lowest BCUT2D eigenvalue weighted by Gasteiger charge is -2.11. The molecule has 12 aromatic rings. The molecular formula is C45H25N5S. The highest BCUT2D eigenvalue weighted by atomic mass is 32.1. The van der Waals surface area contributed by atoms with E-state index in [0.29, 0.717) is 17.6 Å². The molecule has 5 heterocycles. The van der Waals surface area contributed by atoms with Crippen LogP contribution in [0.1, 0.15) is 0 Å². The first-order valence-corrected chi connectivity index (χ1v) is 18.0. The maximum atomic E-state index is 5.28. The molecule has 0 radical (unpaired) electrons. The molecule has 0 amide bonds. The molecule has 0 fully saturated rings. The second kappa shape index (κ2) is 9.97.